The number of halogens is 1. The van der Waals surface area contributed by atoms with Crippen LogP contribution >= 0.6 is 0 Å². The van der Waals surface area contributed by atoms with E-state index in [1.807, 2.05) is 11.5 Å². The highest BCUT2D eigenvalue weighted by molar-refractivity contribution is 5.78. The third kappa shape index (κ3) is 1.58. The Hall–Kier alpha value is -1.91. The predicted octanol–water partition coefficient (Wildman–Crippen LogP) is 2.38. The lowest BCUT2D eigenvalue weighted by Crippen LogP contribution is -2.04. The second kappa shape index (κ2) is 3.80. The number of aliphatic carboxylic acids is 1. The topological polar surface area (TPSA) is 55.1 Å². The van der Waals surface area contributed by atoms with Crippen LogP contribution in [-0.4, -0.2) is 20.6 Å². The number of fused-ring (bicyclic) bond motifs is 1. The number of nitrogens with zero attached hydrogens (tertiary/aromatic N) is 2. The second-order valence-corrected chi connectivity index (χ2v) is 4.63. The summed E-state index contributed by atoms with van der Waals surface area (Å²) in [6, 6.07) is 4.49. The minimum Gasteiger partial charge on any atom is -0.481 e. The average Bonchev–Trinajstić information content (AvgIpc) is 3.04. The molecule has 4 nitrogen and oxygen atoms in total. The first-order valence-corrected chi connectivity index (χ1v) is 6.00. The highest BCUT2D eigenvalue weighted by atomic mass is 19.1. The zero-order valence-corrected chi connectivity index (χ0v) is 9.93. The van der Waals surface area contributed by atoms with Crippen molar-refractivity contribution in [2.45, 2.75) is 25.8 Å². The van der Waals surface area contributed by atoms with Gasteiger partial charge in [-0.2, -0.15) is 0 Å². The molecule has 5 heteroatoms. The Bertz CT molecular complexity index is 635. The summed E-state index contributed by atoms with van der Waals surface area (Å²) in [6.45, 7) is 2.69. The molecule has 0 aliphatic heterocycles. The maximum absolute atomic E-state index is 13.2. The van der Waals surface area contributed by atoms with E-state index in [4.69, 9.17) is 5.11 Å². The molecule has 0 bridgehead atoms. The van der Waals surface area contributed by atoms with Crippen LogP contribution in [0.1, 0.15) is 25.1 Å². The molecule has 0 saturated heterocycles. The third-order valence-corrected chi connectivity index (χ3v) is 3.50. The van der Waals surface area contributed by atoms with Gasteiger partial charge in [-0.05, 0) is 25.5 Å². The fourth-order valence-corrected chi connectivity index (χ4v) is 2.49. The average molecular weight is 248 g/mol. The highest BCUT2D eigenvalue weighted by Gasteiger charge is 2.47. The normalized spacial score (nSPS) is 22.3. The Balaban J connectivity index is 2.09. The summed E-state index contributed by atoms with van der Waals surface area (Å²) in [5.74, 6) is -0.693. The summed E-state index contributed by atoms with van der Waals surface area (Å²) in [6.07, 6.45) is 0.626. The van der Waals surface area contributed by atoms with E-state index in [1.165, 1.54) is 12.1 Å². The summed E-state index contributed by atoms with van der Waals surface area (Å²) < 4.78 is 15.1. The van der Waals surface area contributed by atoms with Crippen LogP contribution in [0.15, 0.2) is 18.2 Å². The van der Waals surface area contributed by atoms with Crippen LogP contribution in [0.3, 0.4) is 0 Å². The van der Waals surface area contributed by atoms with Crippen molar-refractivity contribution in [1.29, 1.82) is 0 Å². The van der Waals surface area contributed by atoms with Crippen molar-refractivity contribution in [3.8, 4) is 0 Å². The third-order valence-electron chi connectivity index (χ3n) is 3.50. The molecule has 2 aromatic rings. The van der Waals surface area contributed by atoms with Gasteiger partial charge in [0.05, 0.1) is 17.0 Å². The summed E-state index contributed by atoms with van der Waals surface area (Å²) in [7, 11) is 0. The number of carboxylic acids is 1. The van der Waals surface area contributed by atoms with Gasteiger partial charge < -0.3 is 9.67 Å². The lowest BCUT2D eigenvalue weighted by molar-refractivity contribution is -0.138. The first-order chi connectivity index (χ1) is 8.61. The van der Waals surface area contributed by atoms with E-state index >= 15 is 0 Å². The Morgan fingerprint density at radius 3 is 3.00 bits per heavy atom. The summed E-state index contributed by atoms with van der Waals surface area (Å²) in [5.41, 5.74) is 1.47. The number of hydrogen-bond acceptors (Lipinski definition) is 2. The minimum atomic E-state index is -0.777. The standard InChI is InChI=1S/C13H13FN2O2/c1-2-16-11-4-3-7(14)5-10(11)15-12(16)8-6-9(8)13(17)18/h3-5,8-9H,2,6H2,1H3,(H,17,18). The second-order valence-electron chi connectivity index (χ2n) is 4.63. The zero-order chi connectivity index (χ0) is 12.9. The smallest absolute Gasteiger partial charge is 0.307 e. The molecule has 1 aliphatic carbocycles. The Morgan fingerprint density at radius 2 is 2.39 bits per heavy atom. The van der Waals surface area contributed by atoms with E-state index < -0.39 is 5.97 Å². The fraction of sp³-hybridized carbons (Fsp3) is 0.385. The number of imidazole rings is 1. The van der Waals surface area contributed by atoms with Gasteiger partial charge in [-0.3, -0.25) is 4.79 Å². The molecule has 1 saturated carbocycles. The predicted molar refractivity (Wildman–Crippen MR) is 63.8 cm³/mol. The first kappa shape index (κ1) is 11.2. The number of rotatable bonds is 3. The van der Waals surface area contributed by atoms with Gasteiger partial charge in [-0.15, -0.1) is 0 Å². The van der Waals surface area contributed by atoms with Gasteiger partial charge in [0.2, 0.25) is 0 Å². The number of carbonyl (C=O) groups is 1. The molecule has 94 valence electrons. The molecule has 1 aliphatic rings. The molecule has 2 unspecified atom stereocenters. The van der Waals surface area contributed by atoms with E-state index in [0.29, 0.717) is 18.5 Å². The monoisotopic (exact) mass is 248 g/mol. The van der Waals surface area contributed by atoms with Crippen molar-refractivity contribution < 1.29 is 14.3 Å². The molecule has 0 amide bonds. The van der Waals surface area contributed by atoms with E-state index in [2.05, 4.69) is 4.98 Å². The Labute approximate surface area is 103 Å². The number of carboxylic acid groups (broad SMARTS) is 1. The molecular weight excluding hydrogens is 235 g/mol. The molecule has 1 aromatic carbocycles. The molecule has 18 heavy (non-hydrogen) atoms. The lowest BCUT2D eigenvalue weighted by Gasteiger charge is -2.04. The number of aryl methyl sites for hydroxylation is 1. The number of hydrogen-bond donors (Lipinski definition) is 1. The van der Waals surface area contributed by atoms with Gasteiger partial charge in [0.1, 0.15) is 11.6 Å². The molecule has 3 rings (SSSR count). The van der Waals surface area contributed by atoms with Gasteiger partial charge in [0, 0.05) is 18.5 Å². The maximum atomic E-state index is 13.2. The Morgan fingerprint density at radius 1 is 1.61 bits per heavy atom. The lowest BCUT2D eigenvalue weighted by atomic mass is 10.3. The quantitative estimate of drug-likeness (QED) is 0.907. The van der Waals surface area contributed by atoms with Crippen molar-refractivity contribution in [3.63, 3.8) is 0 Å². The van der Waals surface area contributed by atoms with Crippen LogP contribution in [0.4, 0.5) is 4.39 Å². The molecule has 2 atom stereocenters. The molecule has 0 radical (unpaired) electrons. The molecule has 1 fully saturated rings. The van der Waals surface area contributed by atoms with Gasteiger partial charge in [0.25, 0.3) is 0 Å². The van der Waals surface area contributed by atoms with E-state index in [0.717, 1.165) is 11.3 Å². The van der Waals surface area contributed by atoms with Crippen LogP contribution in [0.2, 0.25) is 0 Å². The number of benzene rings is 1. The zero-order valence-electron chi connectivity index (χ0n) is 9.93. The van der Waals surface area contributed by atoms with Crippen LogP contribution in [0.5, 0.6) is 0 Å². The fourth-order valence-electron chi connectivity index (χ4n) is 2.49. The van der Waals surface area contributed by atoms with Gasteiger partial charge in [-0.25, -0.2) is 9.37 Å². The summed E-state index contributed by atoms with van der Waals surface area (Å²) >= 11 is 0. The summed E-state index contributed by atoms with van der Waals surface area (Å²) in [4.78, 5) is 15.3. The van der Waals surface area contributed by atoms with E-state index in [-0.39, 0.29) is 17.7 Å². The maximum Gasteiger partial charge on any atom is 0.307 e. The van der Waals surface area contributed by atoms with Crippen LogP contribution in [0.25, 0.3) is 11.0 Å². The highest BCUT2D eigenvalue weighted by Crippen LogP contribution is 2.47. The molecule has 1 aromatic heterocycles. The van der Waals surface area contributed by atoms with Crippen molar-refractivity contribution >= 4 is 17.0 Å². The van der Waals surface area contributed by atoms with Gasteiger partial charge in [-0.1, -0.05) is 0 Å². The summed E-state index contributed by atoms with van der Waals surface area (Å²) in [5, 5.41) is 8.97. The van der Waals surface area contributed by atoms with Crippen LogP contribution in [0, 0.1) is 11.7 Å². The molecular formula is C13H13FN2O2. The van der Waals surface area contributed by atoms with Crippen molar-refractivity contribution in [2.24, 2.45) is 5.92 Å². The van der Waals surface area contributed by atoms with E-state index in [9.17, 15) is 9.18 Å². The Kier molecular flexibility index (Phi) is 2.36. The van der Waals surface area contributed by atoms with Crippen molar-refractivity contribution in [2.75, 3.05) is 0 Å². The first-order valence-electron chi connectivity index (χ1n) is 6.00. The van der Waals surface area contributed by atoms with Crippen LogP contribution < -0.4 is 0 Å². The number of aromatic nitrogens is 2. The van der Waals surface area contributed by atoms with Crippen molar-refractivity contribution in [1.82, 2.24) is 9.55 Å². The van der Waals surface area contributed by atoms with Gasteiger partial charge >= 0.3 is 5.97 Å². The van der Waals surface area contributed by atoms with E-state index in [1.54, 1.807) is 6.07 Å². The molecule has 1 heterocycles. The molecule has 0 spiro atoms. The minimum absolute atomic E-state index is 0.0297. The molecule has 1 N–H and O–H groups in total. The SMILES string of the molecule is CCn1c(C2CC2C(=O)O)nc2cc(F)ccc21. The van der Waals surface area contributed by atoms with Gasteiger partial charge in [0.15, 0.2) is 0 Å². The van der Waals surface area contributed by atoms with Crippen molar-refractivity contribution in [3.05, 3.63) is 29.8 Å². The van der Waals surface area contributed by atoms with Crippen LogP contribution in [-0.2, 0) is 11.3 Å². The largest absolute Gasteiger partial charge is 0.481 e.